The van der Waals surface area contributed by atoms with E-state index in [1.807, 2.05) is 0 Å². The van der Waals surface area contributed by atoms with E-state index in [2.05, 4.69) is 5.32 Å². The summed E-state index contributed by atoms with van der Waals surface area (Å²) >= 11 is 0. The molecule has 0 bridgehead atoms. The average molecular weight is 289 g/mol. The number of hydrogen-bond acceptors (Lipinski definition) is 4. The molecule has 3 aliphatic rings. The van der Waals surface area contributed by atoms with Crippen molar-refractivity contribution in [3.8, 4) is 0 Å². The molecule has 0 atom stereocenters. The van der Waals surface area contributed by atoms with Crippen molar-refractivity contribution in [1.82, 2.24) is 5.32 Å². The summed E-state index contributed by atoms with van der Waals surface area (Å²) in [4.78, 5) is 37.0. The zero-order valence-electron chi connectivity index (χ0n) is 11.5. The van der Waals surface area contributed by atoms with Gasteiger partial charge in [0.15, 0.2) is 11.6 Å². The van der Waals surface area contributed by atoms with Crippen LogP contribution in [0.4, 0.5) is 0 Å². The second-order valence-electron chi connectivity index (χ2n) is 5.43. The molecule has 0 aromatic heterocycles. The summed E-state index contributed by atoms with van der Waals surface area (Å²) in [6, 6.07) is 6.79. The van der Waals surface area contributed by atoms with E-state index in [9.17, 15) is 14.4 Å². The van der Waals surface area contributed by atoms with Gasteiger partial charge in [0.25, 0.3) is 0 Å². The van der Waals surface area contributed by atoms with Crippen LogP contribution in [-0.4, -0.2) is 17.3 Å². The van der Waals surface area contributed by atoms with E-state index in [4.69, 9.17) is 0 Å². The van der Waals surface area contributed by atoms with Gasteiger partial charge in [-0.3, -0.25) is 14.4 Å². The summed E-state index contributed by atoms with van der Waals surface area (Å²) in [5.41, 5.74) is 0.633. The van der Waals surface area contributed by atoms with Crippen LogP contribution in [0.25, 0.3) is 0 Å². The highest BCUT2D eigenvalue weighted by Gasteiger charge is 2.43. The third-order valence-corrected chi connectivity index (χ3v) is 4.19. The largest absolute Gasteiger partial charge is 0.358 e. The summed E-state index contributed by atoms with van der Waals surface area (Å²) < 4.78 is 0. The molecular formula is C18H11NO3. The Bertz CT molecular complexity index is 852. The third-order valence-electron chi connectivity index (χ3n) is 4.19. The molecule has 1 N–H and O–H groups in total. The zero-order valence-corrected chi connectivity index (χ0v) is 11.5. The maximum Gasteiger partial charge on any atom is 0.210 e. The third kappa shape index (κ3) is 1.55. The van der Waals surface area contributed by atoms with Crippen molar-refractivity contribution in [3.63, 3.8) is 0 Å². The minimum atomic E-state index is -0.839. The quantitative estimate of drug-likeness (QED) is 0.794. The highest BCUT2D eigenvalue weighted by atomic mass is 16.1. The lowest BCUT2D eigenvalue weighted by atomic mass is 9.69. The Morgan fingerprint density at radius 1 is 0.818 bits per heavy atom. The van der Waals surface area contributed by atoms with Crippen LogP contribution in [0, 0.1) is 5.41 Å². The summed E-state index contributed by atoms with van der Waals surface area (Å²) in [6.45, 7) is 0. The van der Waals surface area contributed by atoms with E-state index in [1.54, 1.807) is 48.7 Å². The number of carbonyl (C=O) groups excluding carboxylic acids is 3. The molecular weight excluding hydrogens is 278 g/mol. The van der Waals surface area contributed by atoms with E-state index < -0.39 is 5.41 Å². The van der Waals surface area contributed by atoms with Gasteiger partial charge in [-0.05, 0) is 18.4 Å². The number of rotatable bonds is 0. The number of hydrogen-bond donors (Lipinski definition) is 1. The van der Waals surface area contributed by atoms with Crippen LogP contribution in [0.3, 0.4) is 0 Å². The zero-order chi connectivity index (χ0) is 15.3. The first-order valence-corrected chi connectivity index (χ1v) is 6.92. The van der Waals surface area contributed by atoms with Gasteiger partial charge in [0, 0.05) is 16.7 Å². The molecule has 0 saturated heterocycles. The normalized spacial score (nSPS) is 21.0. The number of nitrogens with one attached hydrogen (secondary N) is 1. The molecule has 0 unspecified atom stereocenters. The van der Waals surface area contributed by atoms with Crippen molar-refractivity contribution < 1.29 is 14.4 Å². The standard InChI is InChI=1S/C18H11NO3/c20-11-5-7-18(8-6-11)9-10-19-15-14(18)16(21)12-3-1-2-4-13(12)17(15)22/h1-10,19H. The number of allylic oxidation sites excluding steroid dienone is 7. The first-order valence-electron chi connectivity index (χ1n) is 6.92. The summed E-state index contributed by atoms with van der Waals surface area (Å²) in [5, 5.41) is 2.90. The highest BCUT2D eigenvalue weighted by molar-refractivity contribution is 6.28. The fourth-order valence-electron chi connectivity index (χ4n) is 3.10. The Kier molecular flexibility index (Phi) is 2.45. The highest BCUT2D eigenvalue weighted by Crippen LogP contribution is 2.43. The second kappa shape index (κ2) is 4.24. The van der Waals surface area contributed by atoms with E-state index in [-0.39, 0.29) is 23.0 Å². The predicted octanol–water partition coefficient (Wildman–Crippen LogP) is 2.12. The van der Waals surface area contributed by atoms with Gasteiger partial charge in [0.2, 0.25) is 5.78 Å². The minimum absolute atomic E-state index is 0.130. The van der Waals surface area contributed by atoms with Crippen LogP contribution in [-0.2, 0) is 4.79 Å². The lowest BCUT2D eigenvalue weighted by Gasteiger charge is -2.35. The fourth-order valence-corrected chi connectivity index (χ4v) is 3.10. The molecule has 1 aliphatic heterocycles. The molecule has 1 spiro atoms. The number of fused-ring (bicyclic) bond motifs is 2. The van der Waals surface area contributed by atoms with Crippen LogP contribution in [0.1, 0.15) is 20.7 Å². The summed E-state index contributed by atoms with van der Waals surface area (Å²) in [6.07, 6.45) is 9.62. The number of dihydropyridines is 1. The van der Waals surface area contributed by atoms with Crippen molar-refractivity contribution in [2.24, 2.45) is 5.41 Å². The molecule has 0 saturated carbocycles. The average Bonchev–Trinajstić information content (AvgIpc) is 2.55. The molecule has 1 aromatic rings. The van der Waals surface area contributed by atoms with Gasteiger partial charge in [-0.25, -0.2) is 0 Å². The van der Waals surface area contributed by atoms with Crippen LogP contribution in [0.15, 0.2) is 72.1 Å². The van der Waals surface area contributed by atoms with Crippen LogP contribution in [0.2, 0.25) is 0 Å². The van der Waals surface area contributed by atoms with Crippen molar-refractivity contribution in [2.45, 2.75) is 0 Å². The molecule has 106 valence electrons. The Morgan fingerprint density at radius 3 is 2.14 bits per heavy atom. The molecule has 1 heterocycles. The van der Waals surface area contributed by atoms with Gasteiger partial charge in [0.05, 0.1) is 11.1 Å². The van der Waals surface area contributed by atoms with Gasteiger partial charge in [-0.15, -0.1) is 0 Å². The van der Waals surface area contributed by atoms with E-state index in [1.165, 1.54) is 12.2 Å². The molecule has 4 heteroatoms. The number of benzene rings is 1. The number of Topliss-reactive ketones (excluding diaryl/α,β-unsaturated/α-hetero) is 2. The fraction of sp³-hybridized carbons (Fsp3) is 0.0556. The second-order valence-corrected chi connectivity index (χ2v) is 5.43. The number of ketones is 3. The van der Waals surface area contributed by atoms with Gasteiger partial charge in [0.1, 0.15) is 0 Å². The van der Waals surface area contributed by atoms with Crippen LogP contribution in [0.5, 0.6) is 0 Å². The van der Waals surface area contributed by atoms with E-state index in [0.717, 1.165) is 0 Å². The maximum absolute atomic E-state index is 12.9. The van der Waals surface area contributed by atoms with Gasteiger partial charge >= 0.3 is 0 Å². The van der Waals surface area contributed by atoms with E-state index in [0.29, 0.717) is 16.7 Å². The van der Waals surface area contributed by atoms with Crippen molar-refractivity contribution in [2.75, 3.05) is 0 Å². The number of carbonyl (C=O) groups is 3. The first-order chi connectivity index (χ1) is 10.6. The molecule has 4 rings (SSSR count). The lowest BCUT2D eigenvalue weighted by Crippen LogP contribution is -2.38. The maximum atomic E-state index is 12.9. The lowest BCUT2D eigenvalue weighted by molar-refractivity contribution is -0.110. The van der Waals surface area contributed by atoms with Crippen molar-refractivity contribution in [1.29, 1.82) is 0 Å². The van der Waals surface area contributed by atoms with Gasteiger partial charge < -0.3 is 5.32 Å². The molecule has 4 nitrogen and oxygen atoms in total. The van der Waals surface area contributed by atoms with Gasteiger partial charge in [-0.1, -0.05) is 42.5 Å². The SMILES string of the molecule is O=C1C=CC2(C=CNC3=C2C(=O)c2ccccc2C3=O)C=C1. The van der Waals surface area contributed by atoms with Crippen molar-refractivity contribution in [3.05, 3.63) is 83.2 Å². The molecule has 0 amide bonds. The summed E-state index contributed by atoms with van der Waals surface area (Å²) in [5.74, 6) is -0.520. The van der Waals surface area contributed by atoms with Crippen LogP contribution < -0.4 is 5.32 Å². The predicted molar refractivity (Wildman–Crippen MR) is 80.1 cm³/mol. The minimum Gasteiger partial charge on any atom is -0.358 e. The molecule has 1 aromatic carbocycles. The molecule has 0 radical (unpaired) electrons. The molecule has 2 aliphatic carbocycles. The van der Waals surface area contributed by atoms with Crippen molar-refractivity contribution >= 4 is 17.3 Å². The Hall–Kier alpha value is -3.01. The van der Waals surface area contributed by atoms with Crippen LogP contribution >= 0.6 is 0 Å². The first kappa shape index (κ1) is 12.7. The monoisotopic (exact) mass is 289 g/mol. The Morgan fingerprint density at radius 2 is 1.45 bits per heavy atom. The van der Waals surface area contributed by atoms with E-state index >= 15 is 0 Å². The van der Waals surface area contributed by atoms with Gasteiger partial charge in [-0.2, -0.15) is 0 Å². The molecule has 22 heavy (non-hydrogen) atoms. The topological polar surface area (TPSA) is 63.2 Å². The molecule has 0 fully saturated rings. The Balaban J connectivity index is 1.97. The summed E-state index contributed by atoms with van der Waals surface area (Å²) in [7, 11) is 0. The smallest absolute Gasteiger partial charge is 0.210 e. The Labute approximate surface area is 126 Å².